The fourth-order valence-electron chi connectivity index (χ4n) is 1.54. The zero-order chi connectivity index (χ0) is 15.3. The Morgan fingerprint density at radius 2 is 2.15 bits per heavy atom. The van der Waals surface area contributed by atoms with Crippen molar-refractivity contribution in [3.63, 3.8) is 0 Å². The highest BCUT2D eigenvalue weighted by molar-refractivity contribution is 7.90. The molecule has 1 N–H and O–H groups in total. The lowest BCUT2D eigenvalue weighted by atomic mass is 10.1. The zero-order valence-electron chi connectivity index (χ0n) is 12.0. The lowest BCUT2D eigenvalue weighted by Crippen LogP contribution is -2.41. The van der Waals surface area contributed by atoms with Gasteiger partial charge in [-0.2, -0.15) is 0 Å². The van der Waals surface area contributed by atoms with Crippen LogP contribution in [0.25, 0.3) is 0 Å². The Kier molecular flexibility index (Phi) is 6.82. The van der Waals surface area contributed by atoms with Gasteiger partial charge in [0.2, 0.25) is 0 Å². The summed E-state index contributed by atoms with van der Waals surface area (Å²) in [7, 11) is 0. The van der Waals surface area contributed by atoms with Crippen LogP contribution in [-0.4, -0.2) is 14.3 Å². The number of halogens is 2. The molecule has 0 aromatic carbocycles. The van der Waals surface area contributed by atoms with Gasteiger partial charge < -0.3 is 4.55 Å². The third-order valence-corrected chi connectivity index (χ3v) is 4.83. The first-order valence-electron chi connectivity index (χ1n) is 6.35. The largest absolute Gasteiger partial charge is 0.598 e. The van der Waals surface area contributed by atoms with Gasteiger partial charge >= 0.3 is 0 Å². The van der Waals surface area contributed by atoms with Crippen molar-refractivity contribution in [2.75, 3.05) is 0 Å². The number of nitrogens with zero attached hydrogens (tertiary/aromatic N) is 1. The van der Waals surface area contributed by atoms with Crippen LogP contribution in [-0.2, 0) is 11.4 Å². The van der Waals surface area contributed by atoms with Crippen molar-refractivity contribution >= 4 is 34.6 Å². The Balaban J connectivity index is 2.96. The highest BCUT2D eigenvalue weighted by atomic mass is 35.5. The van der Waals surface area contributed by atoms with Crippen LogP contribution in [0.4, 0.5) is 0 Å². The second-order valence-corrected chi connectivity index (χ2v) is 8.24. The van der Waals surface area contributed by atoms with Crippen molar-refractivity contribution < 1.29 is 4.55 Å². The van der Waals surface area contributed by atoms with E-state index in [0.29, 0.717) is 10.2 Å². The fraction of sp³-hybridized carbons (Fsp3) is 0.500. The number of rotatable bonds is 6. The van der Waals surface area contributed by atoms with E-state index in [-0.39, 0.29) is 10.8 Å². The maximum absolute atomic E-state index is 12.3. The molecule has 0 aliphatic carbocycles. The minimum absolute atomic E-state index is 0.148. The average molecular weight is 335 g/mol. The molecule has 0 saturated carbocycles. The van der Waals surface area contributed by atoms with Gasteiger partial charge in [-0.05, 0) is 39.7 Å². The van der Waals surface area contributed by atoms with Gasteiger partial charge in [0.05, 0.1) is 11.1 Å². The number of hydrogen-bond acceptors (Lipinski definition) is 3. The van der Waals surface area contributed by atoms with Crippen molar-refractivity contribution in [3.05, 3.63) is 40.7 Å². The minimum Gasteiger partial charge on any atom is -0.598 e. The molecule has 20 heavy (non-hydrogen) atoms. The number of pyridine rings is 1. The molecular weight excluding hydrogens is 315 g/mol. The summed E-state index contributed by atoms with van der Waals surface area (Å²) in [4.78, 5) is 4.05. The molecule has 6 heteroatoms. The summed E-state index contributed by atoms with van der Waals surface area (Å²) in [5.74, 6) is 0. The van der Waals surface area contributed by atoms with Crippen LogP contribution >= 0.6 is 23.2 Å². The summed E-state index contributed by atoms with van der Waals surface area (Å²) in [5.41, 5.74) is 0.801. The lowest BCUT2D eigenvalue weighted by Gasteiger charge is -2.28. The second kappa shape index (κ2) is 7.66. The molecule has 1 rings (SSSR count). The molecule has 0 spiro atoms. The lowest BCUT2D eigenvalue weighted by molar-refractivity contribution is 0.513. The van der Waals surface area contributed by atoms with Crippen LogP contribution in [0.15, 0.2) is 24.9 Å². The normalized spacial score (nSPS) is 14.9. The van der Waals surface area contributed by atoms with E-state index in [1.807, 2.05) is 26.8 Å². The van der Waals surface area contributed by atoms with Crippen LogP contribution in [0.1, 0.15) is 45.2 Å². The first-order chi connectivity index (χ1) is 9.25. The molecule has 0 radical (unpaired) electrons. The summed E-state index contributed by atoms with van der Waals surface area (Å²) in [6.07, 6.45) is 4.99. The Hall–Kier alpha value is -0.260. The van der Waals surface area contributed by atoms with E-state index in [4.69, 9.17) is 23.2 Å². The number of nitrogens with one attached hydrogen (secondary N) is 1. The molecule has 112 valence electrons. The molecule has 0 fully saturated rings. The predicted molar refractivity (Wildman–Crippen MR) is 87.5 cm³/mol. The zero-order valence-corrected chi connectivity index (χ0v) is 14.3. The quantitative estimate of drug-likeness (QED) is 0.475. The number of hydrogen-bond donors (Lipinski definition) is 1. The maximum atomic E-state index is 12.3. The SMILES string of the molecule is C=CCCC(N[S+]([O-])C(C)(C)C)c1cnc(Cl)cc1Cl. The molecule has 1 aromatic rings. The predicted octanol–water partition coefficient (Wildman–Crippen LogP) is 4.45. The smallest absolute Gasteiger partial charge is 0.136 e. The van der Waals surface area contributed by atoms with Gasteiger partial charge in [-0.25, -0.2) is 4.98 Å². The Labute approximate surface area is 134 Å². The van der Waals surface area contributed by atoms with Gasteiger partial charge in [-0.3, -0.25) is 0 Å². The Morgan fingerprint density at radius 3 is 2.65 bits per heavy atom. The number of allylic oxidation sites excluding steroid dienone is 1. The average Bonchev–Trinajstić information content (AvgIpc) is 2.33. The molecule has 0 amide bonds. The third kappa shape index (κ3) is 5.26. The Bertz CT molecular complexity index is 463. The summed E-state index contributed by atoms with van der Waals surface area (Å²) >= 11 is 10.8. The van der Waals surface area contributed by atoms with E-state index in [9.17, 15) is 4.55 Å². The van der Waals surface area contributed by atoms with Gasteiger partial charge in [0.15, 0.2) is 0 Å². The van der Waals surface area contributed by atoms with Crippen molar-refractivity contribution in [2.24, 2.45) is 0 Å². The van der Waals surface area contributed by atoms with E-state index >= 15 is 0 Å². The van der Waals surface area contributed by atoms with Gasteiger partial charge in [0.1, 0.15) is 9.90 Å². The molecule has 3 nitrogen and oxygen atoms in total. The molecule has 0 saturated heterocycles. The summed E-state index contributed by atoms with van der Waals surface area (Å²) < 4.78 is 15.1. The van der Waals surface area contributed by atoms with Crippen molar-refractivity contribution in [3.8, 4) is 0 Å². The standard InChI is InChI=1S/C14H20Cl2N2OS/c1-5-6-7-12(18-20(19)14(2,3)4)10-9-17-13(16)8-11(10)15/h5,8-9,12,18H,1,6-7H2,2-4H3. The summed E-state index contributed by atoms with van der Waals surface area (Å²) in [5, 5.41) is 0.871. The maximum Gasteiger partial charge on any atom is 0.136 e. The second-order valence-electron chi connectivity index (χ2n) is 5.45. The van der Waals surface area contributed by atoms with Crippen molar-refractivity contribution in [2.45, 2.75) is 44.4 Å². The van der Waals surface area contributed by atoms with Gasteiger partial charge in [-0.1, -0.05) is 29.3 Å². The van der Waals surface area contributed by atoms with Gasteiger partial charge in [0.25, 0.3) is 0 Å². The van der Waals surface area contributed by atoms with E-state index in [1.165, 1.54) is 0 Å². The fourth-order valence-corrected chi connectivity index (χ4v) is 2.90. The monoisotopic (exact) mass is 334 g/mol. The molecule has 2 atom stereocenters. The van der Waals surface area contributed by atoms with Gasteiger partial charge in [0, 0.05) is 23.1 Å². The van der Waals surface area contributed by atoms with Crippen LogP contribution in [0.5, 0.6) is 0 Å². The van der Waals surface area contributed by atoms with Crippen molar-refractivity contribution in [1.82, 2.24) is 9.71 Å². The summed E-state index contributed by atoms with van der Waals surface area (Å²) in [6.45, 7) is 9.47. The van der Waals surface area contributed by atoms with E-state index in [1.54, 1.807) is 12.3 Å². The van der Waals surface area contributed by atoms with E-state index in [2.05, 4.69) is 16.3 Å². The molecular formula is C14H20Cl2N2OS. The first kappa shape index (κ1) is 17.8. The molecule has 2 unspecified atom stereocenters. The number of aromatic nitrogens is 1. The summed E-state index contributed by atoms with van der Waals surface area (Å²) in [6, 6.07) is 1.45. The minimum atomic E-state index is -1.19. The van der Waals surface area contributed by atoms with Crippen LogP contribution in [0, 0.1) is 0 Å². The van der Waals surface area contributed by atoms with Crippen LogP contribution in [0.3, 0.4) is 0 Å². The van der Waals surface area contributed by atoms with Crippen molar-refractivity contribution in [1.29, 1.82) is 0 Å². The topological polar surface area (TPSA) is 48.0 Å². The molecule has 0 bridgehead atoms. The van der Waals surface area contributed by atoms with E-state index < -0.39 is 11.4 Å². The molecule has 1 heterocycles. The highest BCUT2D eigenvalue weighted by Gasteiger charge is 2.30. The first-order valence-corrected chi connectivity index (χ1v) is 8.26. The highest BCUT2D eigenvalue weighted by Crippen LogP contribution is 2.29. The molecule has 1 aromatic heterocycles. The third-order valence-electron chi connectivity index (χ3n) is 2.69. The van der Waals surface area contributed by atoms with Crippen LogP contribution in [0.2, 0.25) is 10.2 Å². The van der Waals surface area contributed by atoms with Crippen LogP contribution < -0.4 is 4.72 Å². The molecule has 0 aliphatic heterocycles. The molecule has 0 aliphatic rings. The van der Waals surface area contributed by atoms with Gasteiger partial charge in [-0.15, -0.1) is 11.3 Å². The van der Waals surface area contributed by atoms with E-state index in [0.717, 1.165) is 18.4 Å². The Morgan fingerprint density at radius 1 is 1.50 bits per heavy atom.